The predicted octanol–water partition coefficient (Wildman–Crippen LogP) is 33.5. The van der Waals surface area contributed by atoms with Crippen LogP contribution in [-0.4, -0.2) is 13.2 Å². The Bertz CT molecular complexity index is 5650. The number of benzene rings is 15. The maximum atomic E-state index is 6.25. The molecular formula is C120H116N2O2. The second kappa shape index (κ2) is 39.9. The Labute approximate surface area is 738 Å². The highest BCUT2D eigenvalue weighted by Gasteiger charge is 2.46. The number of nitrogens with zero attached hydrogens (tertiary/aromatic N) is 2. The number of hydrogen-bond donors (Lipinski definition) is 0. The molecule has 4 heteroatoms. The summed E-state index contributed by atoms with van der Waals surface area (Å²) in [5.41, 5.74) is 34.5. The minimum absolute atomic E-state index is 0.363. The van der Waals surface area contributed by atoms with Crippen LogP contribution in [0.15, 0.2) is 377 Å². The van der Waals surface area contributed by atoms with Gasteiger partial charge in [-0.05, 0) is 271 Å². The van der Waals surface area contributed by atoms with Crippen molar-refractivity contribution in [1.82, 2.24) is 0 Å². The van der Waals surface area contributed by atoms with Crippen LogP contribution in [0.4, 0.5) is 34.1 Å². The Morgan fingerprint density at radius 1 is 0.250 bits per heavy atom. The molecule has 0 fully saturated rings. The molecule has 0 saturated carbocycles. The molecule has 0 aliphatic heterocycles. The van der Waals surface area contributed by atoms with Gasteiger partial charge in [-0.25, -0.2) is 0 Å². The van der Waals surface area contributed by atoms with E-state index in [0.717, 1.165) is 147 Å². The topological polar surface area (TPSA) is 24.9 Å². The monoisotopic (exact) mass is 1620 g/mol. The van der Waals surface area contributed by atoms with Gasteiger partial charge in [-0.2, -0.15) is 0 Å². The normalized spacial score (nSPS) is 14.1. The number of anilines is 6. The lowest BCUT2D eigenvalue weighted by Gasteiger charge is -2.34. The van der Waals surface area contributed by atoms with Crippen LogP contribution < -0.4 is 19.3 Å². The van der Waals surface area contributed by atoms with E-state index in [1.807, 2.05) is 12.2 Å². The van der Waals surface area contributed by atoms with Gasteiger partial charge < -0.3 is 19.3 Å². The average molecular weight is 1620 g/mol. The molecule has 15 aromatic rings. The third-order valence-corrected chi connectivity index (χ3v) is 26.3. The fourth-order valence-electron chi connectivity index (χ4n) is 19.8. The van der Waals surface area contributed by atoms with E-state index in [-0.39, 0.29) is 10.8 Å². The molecule has 0 N–H and O–H groups in total. The zero-order valence-electron chi connectivity index (χ0n) is 72.5. The van der Waals surface area contributed by atoms with Crippen LogP contribution in [0.25, 0.3) is 78.9 Å². The molecule has 0 radical (unpaired) electrons. The highest BCUT2D eigenvalue weighted by atomic mass is 16.5. The lowest BCUT2D eigenvalue weighted by molar-refractivity contribution is 0.303. The number of hydrogen-bond acceptors (Lipinski definition) is 4. The van der Waals surface area contributed by atoms with Gasteiger partial charge in [0.25, 0.3) is 0 Å². The molecule has 17 rings (SSSR count). The van der Waals surface area contributed by atoms with Gasteiger partial charge in [-0.3, -0.25) is 0 Å². The lowest BCUT2D eigenvalue weighted by Crippen LogP contribution is -2.27. The van der Waals surface area contributed by atoms with Crippen LogP contribution in [0.5, 0.6) is 11.5 Å². The number of ether oxygens (including phenoxy) is 2. The van der Waals surface area contributed by atoms with E-state index < -0.39 is 0 Å². The van der Waals surface area contributed by atoms with Crippen LogP contribution in [0, 0.1) is 0 Å². The predicted molar refractivity (Wildman–Crippen MR) is 527 cm³/mol. The van der Waals surface area contributed by atoms with Crippen molar-refractivity contribution in [3.05, 3.63) is 433 Å². The van der Waals surface area contributed by atoms with Gasteiger partial charge in [0.05, 0.1) is 13.2 Å². The molecule has 618 valence electrons. The van der Waals surface area contributed by atoms with Gasteiger partial charge in [0, 0.05) is 45.0 Å². The number of unbranched alkanes of at least 4 members (excludes halogenated alkanes) is 12. The summed E-state index contributed by atoms with van der Waals surface area (Å²) in [7, 11) is 0. The third-order valence-electron chi connectivity index (χ3n) is 26.3. The van der Waals surface area contributed by atoms with Crippen molar-refractivity contribution in [1.29, 1.82) is 0 Å². The Balaban J connectivity index is 0.720. The minimum Gasteiger partial charge on any atom is -0.494 e. The molecule has 0 heterocycles. The van der Waals surface area contributed by atoms with Crippen LogP contribution >= 0.6 is 0 Å². The Kier molecular flexibility index (Phi) is 26.8. The van der Waals surface area contributed by atoms with Crippen LogP contribution in [0.3, 0.4) is 0 Å². The van der Waals surface area contributed by atoms with Crippen molar-refractivity contribution in [3.8, 4) is 78.3 Å². The van der Waals surface area contributed by atoms with Gasteiger partial charge in [0.1, 0.15) is 11.5 Å². The molecule has 2 aliphatic rings. The highest BCUT2D eigenvalue weighted by Crippen LogP contribution is 2.59. The zero-order valence-corrected chi connectivity index (χ0v) is 72.5. The highest BCUT2D eigenvalue weighted by molar-refractivity contribution is 5.91. The van der Waals surface area contributed by atoms with Gasteiger partial charge in [0.2, 0.25) is 0 Å². The standard InChI is InChI=1S/C120H116N2O2/c1-5-9-11-21-43-97-85-114(96-63-71-104(72-64-96)122(102-67-59-94(60-68-102)92-41-25-18-26-42-92)106-74-80-112-110-50-32-34-52-116(110)120(118(112)88-106,100-47-29-20-30-48-100)82-36-14-16-38-84-124-108-77-55-90(8-4)56-78-108)98(44-22-12-10-6-2)86-113(97)95-61-69-103(70-62-95)121(101-65-57-93(58-66-101)91-39-23-17-24-40-91)105-73-79-111-109-49-31-33-51-115(109)119(117(111)87-105,99-45-27-19-28-46-99)81-35-13-15-37-83-123-107-75-53-89(7-3)54-76-107/h7-8,17-20,23-34,39-42,45-80,85-88H,3-6,9-16,21-22,35-38,43-44,81-84H2,1-2H3. The minimum atomic E-state index is -0.363. The first-order chi connectivity index (χ1) is 61.3. The largest absolute Gasteiger partial charge is 0.494 e. The first kappa shape index (κ1) is 83.3. The van der Waals surface area contributed by atoms with E-state index in [0.29, 0.717) is 13.2 Å². The zero-order chi connectivity index (χ0) is 84.3. The molecule has 0 aromatic heterocycles. The molecule has 4 nitrogen and oxygen atoms in total. The number of fused-ring (bicyclic) bond motifs is 6. The smallest absolute Gasteiger partial charge is 0.119 e. The molecule has 0 bridgehead atoms. The van der Waals surface area contributed by atoms with Crippen molar-refractivity contribution in [2.75, 3.05) is 23.0 Å². The Hall–Kier alpha value is -13.0. The summed E-state index contributed by atoms with van der Waals surface area (Å²) in [5.74, 6) is 1.82. The molecule has 0 amide bonds. The Morgan fingerprint density at radius 2 is 0.556 bits per heavy atom. The summed E-state index contributed by atoms with van der Waals surface area (Å²) in [6.07, 6.45) is 25.8. The van der Waals surface area contributed by atoms with Crippen molar-refractivity contribution in [2.45, 2.75) is 153 Å². The molecule has 2 unspecified atom stereocenters. The second-order valence-corrected chi connectivity index (χ2v) is 34.0. The van der Waals surface area contributed by atoms with Gasteiger partial charge in [0.15, 0.2) is 0 Å². The number of rotatable bonds is 40. The van der Waals surface area contributed by atoms with E-state index in [1.165, 1.54) is 150 Å². The van der Waals surface area contributed by atoms with Gasteiger partial charge >= 0.3 is 0 Å². The SMILES string of the molecule is C=Cc1ccc(OCCCCCCC2(c3ccccc3)c3ccccc3-c3ccc(N(c4ccc(-c5ccccc5)cc4)c4ccc(-c5cc(CCCCCC)c(-c6ccc(N(c7ccc(-c8ccccc8)cc7)c7ccc8c(c7)C(CCCCCCOc7ccc(C=C)cc7)(c7ccccc7)c7ccccc7-8)cc6)cc5CCCCCC)cc4)cc32)cc1. The summed E-state index contributed by atoms with van der Waals surface area (Å²) in [5, 5.41) is 0. The summed E-state index contributed by atoms with van der Waals surface area (Å²) in [4.78, 5) is 5.02. The first-order valence-corrected chi connectivity index (χ1v) is 45.9. The fraction of sp³-hybridized carbons (Fsp3) is 0.217. The van der Waals surface area contributed by atoms with Crippen molar-refractivity contribution < 1.29 is 9.47 Å². The van der Waals surface area contributed by atoms with Crippen molar-refractivity contribution in [2.24, 2.45) is 0 Å². The van der Waals surface area contributed by atoms with Gasteiger partial charge in [-0.1, -0.05) is 383 Å². The fourth-order valence-corrected chi connectivity index (χ4v) is 19.8. The maximum absolute atomic E-state index is 6.25. The van der Waals surface area contributed by atoms with E-state index in [4.69, 9.17) is 9.47 Å². The summed E-state index contributed by atoms with van der Waals surface area (Å²) < 4.78 is 12.5. The molecule has 2 aliphatic carbocycles. The number of aryl methyl sites for hydroxylation is 2. The lowest BCUT2D eigenvalue weighted by atomic mass is 9.69. The third kappa shape index (κ3) is 18.1. The van der Waals surface area contributed by atoms with E-state index in [1.54, 1.807) is 0 Å². The Morgan fingerprint density at radius 3 is 0.919 bits per heavy atom. The molecule has 2 atom stereocenters. The first-order valence-electron chi connectivity index (χ1n) is 45.9. The van der Waals surface area contributed by atoms with E-state index in [9.17, 15) is 0 Å². The van der Waals surface area contributed by atoms with Crippen LogP contribution in [0.2, 0.25) is 0 Å². The summed E-state index contributed by atoms with van der Waals surface area (Å²) in [6, 6.07) is 137. The summed E-state index contributed by atoms with van der Waals surface area (Å²) >= 11 is 0. The molecular weight excluding hydrogens is 1500 g/mol. The van der Waals surface area contributed by atoms with Crippen LogP contribution in [0.1, 0.15) is 185 Å². The molecule has 0 saturated heterocycles. The second-order valence-electron chi connectivity index (χ2n) is 34.0. The maximum Gasteiger partial charge on any atom is 0.119 e. The molecule has 0 spiro atoms. The van der Waals surface area contributed by atoms with Gasteiger partial charge in [-0.15, -0.1) is 0 Å². The molecule has 124 heavy (non-hydrogen) atoms. The van der Waals surface area contributed by atoms with Crippen LogP contribution in [-0.2, 0) is 23.7 Å². The summed E-state index contributed by atoms with van der Waals surface area (Å²) in [6.45, 7) is 13.9. The van der Waals surface area contributed by atoms with E-state index >= 15 is 0 Å². The quantitative estimate of drug-likeness (QED) is 0.0357. The average Bonchev–Trinajstić information content (AvgIpc) is 1.57. The molecule has 15 aromatic carbocycles. The van der Waals surface area contributed by atoms with Crippen molar-refractivity contribution in [3.63, 3.8) is 0 Å². The van der Waals surface area contributed by atoms with E-state index in [2.05, 4.69) is 401 Å². The van der Waals surface area contributed by atoms with Crippen molar-refractivity contribution >= 4 is 46.3 Å².